The summed E-state index contributed by atoms with van der Waals surface area (Å²) in [6.07, 6.45) is -3.24. The van der Waals surface area contributed by atoms with Gasteiger partial charge in [0.05, 0.1) is 10.8 Å². The largest absolute Gasteiger partial charge is 0.454 e. The van der Waals surface area contributed by atoms with Gasteiger partial charge in [-0.3, -0.25) is 19.2 Å². The van der Waals surface area contributed by atoms with Crippen LogP contribution in [0.2, 0.25) is 5.02 Å². The second-order valence-electron chi connectivity index (χ2n) is 14.4. The number of nitrogens with one attached hydrogen (secondary N) is 4. The van der Waals surface area contributed by atoms with Crippen LogP contribution in [0.3, 0.4) is 0 Å². The van der Waals surface area contributed by atoms with Crippen LogP contribution in [0.25, 0.3) is 0 Å². The molecule has 3 aromatic rings. The minimum Gasteiger partial charge on any atom is -0.454 e. The number of carbonyl (C=O) groups excluding carboxylic acids is 3. The molecule has 0 radical (unpaired) electrons. The number of ether oxygens (including phenoxy) is 2. The standard InChI is InChI=1S/C34H38ClF3N8O7S/c1-32(2,3)53-31(49)46-17-23(16-25(46)27(48)45-54(50,51)24-12-13-24)39-26(47)19-4-10-22(11-5-19)40-28-41-29(43-30(42-28)52-18-34(36,37)38)44-33(14-15-33)20-6-8-21(35)9-7-20/h4-11,23-25H,12-18H2,1-3H3,(H,39,47)(H,45,48)(H2,40,41,42,43,44)/t23-,25+/m0/s1. The fourth-order valence-electron chi connectivity index (χ4n) is 5.76. The second kappa shape index (κ2) is 14.7. The topological polar surface area (TPSA) is 194 Å². The van der Waals surface area contributed by atoms with Gasteiger partial charge in [0.25, 0.3) is 11.8 Å². The number of hydrogen-bond donors (Lipinski definition) is 4. The summed E-state index contributed by atoms with van der Waals surface area (Å²) >= 11 is 6.03. The van der Waals surface area contributed by atoms with Crippen LogP contribution < -0.4 is 25.4 Å². The van der Waals surface area contributed by atoms with Gasteiger partial charge in [-0.25, -0.2) is 13.2 Å². The van der Waals surface area contributed by atoms with Crippen LogP contribution in [0.1, 0.15) is 68.8 Å². The number of alkyl halides is 3. The van der Waals surface area contributed by atoms with E-state index in [-0.39, 0.29) is 30.4 Å². The molecular formula is C34H38ClF3N8O7S. The van der Waals surface area contributed by atoms with Gasteiger partial charge < -0.3 is 25.4 Å². The Morgan fingerprint density at radius 3 is 2.20 bits per heavy atom. The van der Waals surface area contributed by atoms with E-state index in [1.807, 2.05) is 12.1 Å². The number of rotatable bonds is 12. The molecule has 2 saturated carbocycles. The highest BCUT2D eigenvalue weighted by molar-refractivity contribution is 7.90. The molecule has 15 nitrogen and oxygen atoms in total. The van der Waals surface area contributed by atoms with Gasteiger partial charge in [0.1, 0.15) is 11.6 Å². The molecule has 4 N–H and O–H groups in total. The number of carbonyl (C=O) groups is 3. The SMILES string of the molecule is CC(C)(C)OC(=O)N1C[C@@H](NC(=O)c2ccc(Nc3nc(NC4(c5ccc(Cl)cc5)CC4)nc(OCC(F)(F)F)n3)cc2)C[C@@H]1C(=O)NS(=O)(=O)C1CC1. The lowest BCUT2D eigenvalue weighted by Gasteiger charge is -2.27. The highest BCUT2D eigenvalue weighted by Gasteiger charge is 2.46. The molecule has 1 aliphatic heterocycles. The van der Waals surface area contributed by atoms with Crippen molar-refractivity contribution in [3.05, 3.63) is 64.7 Å². The minimum atomic E-state index is -4.64. The van der Waals surface area contributed by atoms with Crippen LogP contribution in [0.4, 0.5) is 35.5 Å². The fraction of sp³-hybridized carbons (Fsp3) is 0.471. The molecule has 1 saturated heterocycles. The first-order valence-corrected chi connectivity index (χ1v) is 18.9. The van der Waals surface area contributed by atoms with E-state index in [4.69, 9.17) is 21.1 Å². The molecule has 2 aliphatic carbocycles. The monoisotopic (exact) mass is 794 g/mol. The third-order valence-corrected chi connectivity index (χ3v) is 10.7. The maximum absolute atomic E-state index is 13.3. The number of amides is 3. The summed E-state index contributed by atoms with van der Waals surface area (Å²) in [5.41, 5.74) is 0.00234. The van der Waals surface area contributed by atoms with Gasteiger partial charge in [-0.15, -0.1) is 0 Å². The summed E-state index contributed by atoms with van der Waals surface area (Å²) in [5.74, 6) is -1.59. The average Bonchev–Trinajstić information content (AvgIpc) is 4.01. The molecule has 3 aliphatic rings. The number of benzene rings is 2. The summed E-state index contributed by atoms with van der Waals surface area (Å²) in [4.78, 5) is 52.9. The van der Waals surface area contributed by atoms with E-state index in [1.54, 1.807) is 32.9 Å². The quantitative estimate of drug-likeness (QED) is 0.192. The van der Waals surface area contributed by atoms with Crippen molar-refractivity contribution >= 4 is 57.1 Å². The van der Waals surface area contributed by atoms with Crippen molar-refractivity contribution in [2.75, 3.05) is 23.8 Å². The second-order valence-corrected chi connectivity index (χ2v) is 16.7. The van der Waals surface area contributed by atoms with Crippen molar-refractivity contribution < 1.29 is 45.4 Å². The first-order chi connectivity index (χ1) is 25.3. The Bertz CT molecular complexity index is 2010. The third-order valence-electron chi connectivity index (χ3n) is 8.65. The van der Waals surface area contributed by atoms with E-state index < -0.39 is 75.2 Å². The predicted molar refractivity (Wildman–Crippen MR) is 190 cm³/mol. The Labute approximate surface area is 313 Å². The van der Waals surface area contributed by atoms with Crippen LogP contribution >= 0.6 is 11.6 Å². The molecule has 290 valence electrons. The molecule has 1 aromatic heterocycles. The van der Waals surface area contributed by atoms with Crippen molar-refractivity contribution in [3.8, 4) is 6.01 Å². The van der Waals surface area contributed by atoms with Crippen molar-refractivity contribution in [2.24, 2.45) is 0 Å². The zero-order valence-corrected chi connectivity index (χ0v) is 30.9. The first-order valence-electron chi connectivity index (χ1n) is 17.0. The predicted octanol–water partition coefficient (Wildman–Crippen LogP) is 5.03. The zero-order chi connectivity index (χ0) is 39.1. The van der Waals surface area contributed by atoms with Gasteiger partial charge in [0.2, 0.25) is 21.9 Å². The number of likely N-dealkylation sites (tertiary alicyclic amines) is 1. The Morgan fingerprint density at radius 1 is 0.963 bits per heavy atom. The first kappa shape index (κ1) is 38.8. The molecule has 0 bridgehead atoms. The molecule has 3 amide bonds. The smallest absolute Gasteiger partial charge is 0.422 e. The molecule has 20 heteroatoms. The Balaban J connectivity index is 1.13. The lowest BCUT2D eigenvalue weighted by atomic mass is 10.1. The molecule has 3 fully saturated rings. The maximum Gasteiger partial charge on any atom is 0.422 e. The van der Waals surface area contributed by atoms with E-state index >= 15 is 0 Å². The maximum atomic E-state index is 13.3. The van der Waals surface area contributed by atoms with Crippen molar-refractivity contribution in [1.82, 2.24) is 29.9 Å². The highest BCUT2D eigenvalue weighted by atomic mass is 35.5. The lowest BCUT2D eigenvalue weighted by molar-refractivity contribution is -0.154. The van der Waals surface area contributed by atoms with Crippen molar-refractivity contribution in [3.63, 3.8) is 0 Å². The van der Waals surface area contributed by atoms with E-state index in [1.165, 1.54) is 24.3 Å². The molecule has 6 rings (SSSR count). The number of sulfonamides is 1. The molecule has 2 atom stereocenters. The summed E-state index contributed by atoms with van der Waals surface area (Å²) < 4.78 is 76.2. The van der Waals surface area contributed by atoms with Gasteiger partial charge in [0, 0.05) is 28.9 Å². The molecular weight excluding hydrogens is 757 g/mol. The van der Waals surface area contributed by atoms with E-state index in [0.717, 1.165) is 10.5 Å². The van der Waals surface area contributed by atoms with E-state index in [0.29, 0.717) is 36.4 Å². The Hall–Kier alpha value is -4.91. The number of halogens is 4. The van der Waals surface area contributed by atoms with Gasteiger partial charge in [-0.05, 0) is 94.8 Å². The van der Waals surface area contributed by atoms with Gasteiger partial charge in [-0.1, -0.05) is 23.7 Å². The van der Waals surface area contributed by atoms with Gasteiger partial charge in [-0.2, -0.15) is 28.1 Å². The molecule has 2 aromatic carbocycles. The van der Waals surface area contributed by atoms with Gasteiger partial charge in [0.15, 0.2) is 6.61 Å². The highest BCUT2D eigenvalue weighted by Crippen LogP contribution is 2.48. The molecule has 0 spiro atoms. The number of hydrogen-bond acceptors (Lipinski definition) is 12. The van der Waals surface area contributed by atoms with Crippen LogP contribution in [-0.2, 0) is 25.1 Å². The number of aromatic nitrogens is 3. The normalized spacial score (nSPS) is 19.4. The van der Waals surface area contributed by atoms with Gasteiger partial charge >= 0.3 is 18.3 Å². The average molecular weight is 795 g/mol. The minimum absolute atomic E-state index is 0.0257. The summed E-state index contributed by atoms with van der Waals surface area (Å²) in [5, 5.41) is 8.76. The van der Waals surface area contributed by atoms with Crippen LogP contribution in [0, 0.1) is 0 Å². The fourth-order valence-corrected chi connectivity index (χ4v) is 7.22. The number of anilines is 3. The Morgan fingerprint density at radius 2 is 1.61 bits per heavy atom. The Kier molecular flexibility index (Phi) is 10.6. The molecule has 0 unspecified atom stereocenters. The third kappa shape index (κ3) is 9.99. The lowest BCUT2D eigenvalue weighted by Crippen LogP contribution is -2.49. The van der Waals surface area contributed by atoms with Crippen molar-refractivity contribution in [1.29, 1.82) is 0 Å². The zero-order valence-electron chi connectivity index (χ0n) is 29.4. The van der Waals surface area contributed by atoms with Crippen molar-refractivity contribution in [2.45, 2.75) is 87.5 Å². The summed E-state index contributed by atoms with van der Waals surface area (Å²) in [7, 11) is -3.89. The summed E-state index contributed by atoms with van der Waals surface area (Å²) in [6, 6.07) is 10.6. The van der Waals surface area contributed by atoms with E-state index in [9.17, 15) is 36.0 Å². The van der Waals surface area contributed by atoms with Crippen LogP contribution in [0.15, 0.2) is 48.5 Å². The van der Waals surface area contributed by atoms with Crippen LogP contribution in [-0.4, -0.2) is 88.4 Å². The van der Waals surface area contributed by atoms with E-state index in [2.05, 4.69) is 35.6 Å². The molecule has 2 heterocycles. The summed E-state index contributed by atoms with van der Waals surface area (Å²) in [6.45, 7) is 3.21. The molecule has 54 heavy (non-hydrogen) atoms. The number of nitrogens with zero attached hydrogens (tertiary/aromatic N) is 4. The van der Waals surface area contributed by atoms with Crippen LogP contribution in [0.5, 0.6) is 6.01 Å².